The molecule has 29 heavy (non-hydrogen) atoms. The molecule has 0 saturated carbocycles. The summed E-state index contributed by atoms with van der Waals surface area (Å²) in [4.78, 5) is 50.5. The molecule has 1 aliphatic rings. The van der Waals surface area contributed by atoms with Crippen LogP contribution in [0.5, 0.6) is 0 Å². The minimum absolute atomic E-state index is 0.00885. The number of rotatable bonds is 9. The lowest BCUT2D eigenvalue weighted by Gasteiger charge is -2.43. The van der Waals surface area contributed by atoms with Crippen LogP contribution in [0.15, 0.2) is 36.4 Å². The molecule has 1 aromatic carbocycles. The molecule has 0 aromatic heterocycles. The van der Waals surface area contributed by atoms with Crippen LogP contribution in [0.4, 0.5) is 4.79 Å². The zero-order valence-electron chi connectivity index (χ0n) is 16.4. The number of urea groups is 1. The molecule has 2 rings (SSSR count). The number of allylic oxidation sites excluding steroid dienone is 1. The molecular weight excluding hydrogens is 376 g/mol. The maximum Gasteiger partial charge on any atom is 0.325 e. The van der Waals surface area contributed by atoms with Crippen LogP contribution >= 0.6 is 0 Å². The van der Waals surface area contributed by atoms with Crippen LogP contribution in [0.2, 0.25) is 0 Å². The Morgan fingerprint density at radius 1 is 1.31 bits per heavy atom. The van der Waals surface area contributed by atoms with Crippen LogP contribution in [0.1, 0.15) is 32.3 Å². The molecule has 1 fully saturated rings. The maximum absolute atomic E-state index is 12.7. The third-order valence-corrected chi connectivity index (χ3v) is 4.91. The lowest BCUT2D eigenvalue weighted by Crippen LogP contribution is -2.66. The number of benzene rings is 1. The minimum atomic E-state index is -1.79. The smallest absolute Gasteiger partial charge is 0.325 e. The number of amides is 5. The molecule has 5 N–H and O–H groups in total. The Bertz CT molecular complexity index is 808. The first-order valence-corrected chi connectivity index (χ1v) is 9.29. The highest BCUT2D eigenvalue weighted by Crippen LogP contribution is 2.36. The highest BCUT2D eigenvalue weighted by molar-refractivity contribution is 6.06. The molecule has 9 nitrogen and oxygen atoms in total. The Balaban J connectivity index is 2.49. The zero-order valence-corrected chi connectivity index (χ0v) is 16.4. The molecule has 156 valence electrons. The van der Waals surface area contributed by atoms with Gasteiger partial charge in [-0.15, -0.1) is 0 Å². The molecule has 0 spiro atoms. The van der Waals surface area contributed by atoms with Crippen molar-refractivity contribution in [2.45, 2.75) is 32.2 Å². The van der Waals surface area contributed by atoms with Gasteiger partial charge in [-0.1, -0.05) is 56.3 Å². The summed E-state index contributed by atoms with van der Waals surface area (Å²) < 4.78 is 0. The van der Waals surface area contributed by atoms with Gasteiger partial charge in [-0.05, 0) is 24.3 Å². The van der Waals surface area contributed by atoms with Crippen molar-refractivity contribution in [3.05, 3.63) is 42.0 Å². The number of nitrogens with one attached hydrogen (secondary N) is 2. The van der Waals surface area contributed by atoms with Gasteiger partial charge in [0.25, 0.3) is 0 Å². The summed E-state index contributed by atoms with van der Waals surface area (Å²) in [5, 5.41) is 11.4. The van der Waals surface area contributed by atoms with E-state index in [4.69, 9.17) is 5.73 Å². The summed E-state index contributed by atoms with van der Waals surface area (Å²) in [6, 6.07) is 8.49. The molecular formula is C20H26N4O5. The van der Waals surface area contributed by atoms with Gasteiger partial charge < -0.3 is 5.73 Å². The summed E-state index contributed by atoms with van der Waals surface area (Å²) in [5.41, 5.74) is 6.38. The predicted molar refractivity (Wildman–Crippen MR) is 105 cm³/mol. The number of nitrogens with two attached hydrogens (primary N) is 1. The third kappa shape index (κ3) is 4.80. The molecule has 5 amide bonds. The molecule has 1 saturated heterocycles. The average molecular weight is 402 g/mol. The van der Waals surface area contributed by atoms with Crippen molar-refractivity contribution < 1.29 is 24.4 Å². The highest BCUT2D eigenvalue weighted by atomic mass is 16.5. The monoisotopic (exact) mass is 402 g/mol. The van der Waals surface area contributed by atoms with Crippen molar-refractivity contribution in [3.8, 4) is 0 Å². The number of carbonyl (C=O) groups is 4. The van der Waals surface area contributed by atoms with E-state index in [1.54, 1.807) is 31.5 Å². The molecule has 9 heteroatoms. The number of carbonyl (C=O) groups excluding carboxylic acids is 4. The molecule has 0 aliphatic carbocycles. The number of hydrogen-bond acceptors (Lipinski definition) is 5. The fourth-order valence-corrected chi connectivity index (χ4v) is 3.73. The van der Waals surface area contributed by atoms with Crippen molar-refractivity contribution in [2.75, 3.05) is 6.54 Å². The molecule has 0 radical (unpaired) electrons. The normalized spacial score (nSPS) is 17.3. The van der Waals surface area contributed by atoms with Crippen molar-refractivity contribution in [2.24, 2.45) is 17.6 Å². The lowest BCUT2D eigenvalue weighted by molar-refractivity contribution is -0.147. The van der Waals surface area contributed by atoms with Crippen LogP contribution in [-0.4, -0.2) is 45.9 Å². The van der Waals surface area contributed by atoms with E-state index in [2.05, 4.69) is 5.32 Å². The van der Waals surface area contributed by atoms with Crippen LogP contribution in [0.3, 0.4) is 0 Å². The molecule has 0 bridgehead atoms. The second-order valence-electron chi connectivity index (χ2n) is 7.40. The summed E-state index contributed by atoms with van der Waals surface area (Å²) in [7, 11) is 0. The van der Waals surface area contributed by atoms with Gasteiger partial charge in [0.15, 0.2) is 0 Å². The first-order chi connectivity index (χ1) is 13.7. The summed E-state index contributed by atoms with van der Waals surface area (Å²) in [6.45, 7) is 3.22. The second kappa shape index (κ2) is 9.33. The van der Waals surface area contributed by atoms with Crippen LogP contribution in [-0.2, 0) is 14.4 Å². The van der Waals surface area contributed by atoms with Crippen LogP contribution < -0.4 is 16.5 Å². The highest BCUT2D eigenvalue weighted by Gasteiger charge is 2.56. The van der Waals surface area contributed by atoms with Gasteiger partial charge in [0.05, 0.1) is 5.92 Å². The van der Waals surface area contributed by atoms with Crippen molar-refractivity contribution >= 4 is 29.8 Å². The average Bonchev–Trinajstić information content (AvgIpc) is 3.02. The van der Waals surface area contributed by atoms with Gasteiger partial charge in [0.2, 0.25) is 17.7 Å². The Labute approximate surface area is 168 Å². The Hall–Kier alpha value is -3.20. The van der Waals surface area contributed by atoms with E-state index in [0.717, 1.165) is 10.5 Å². The van der Waals surface area contributed by atoms with Crippen molar-refractivity contribution in [1.82, 2.24) is 15.7 Å². The van der Waals surface area contributed by atoms with E-state index in [1.807, 2.05) is 30.3 Å². The topological polar surface area (TPSA) is 142 Å². The van der Waals surface area contributed by atoms with E-state index >= 15 is 0 Å². The molecule has 1 heterocycles. The fourth-order valence-electron chi connectivity index (χ4n) is 3.73. The number of imide groups is 1. The van der Waals surface area contributed by atoms with Crippen molar-refractivity contribution in [3.63, 3.8) is 0 Å². The number of hydroxylamine groups is 1. The van der Waals surface area contributed by atoms with Gasteiger partial charge in [0.1, 0.15) is 12.1 Å². The third-order valence-electron chi connectivity index (χ3n) is 4.91. The minimum Gasteiger partial charge on any atom is -0.368 e. The predicted octanol–water partition coefficient (Wildman–Crippen LogP) is 1.03. The fraction of sp³-hybridized carbons (Fsp3) is 0.400. The zero-order chi connectivity index (χ0) is 21.6. The number of nitrogens with zero attached hydrogens (tertiary/aromatic N) is 1. The quantitative estimate of drug-likeness (QED) is 0.277. The summed E-state index contributed by atoms with van der Waals surface area (Å²) in [6.07, 6.45) is 3.48. The van der Waals surface area contributed by atoms with Crippen LogP contribution in [0, 0.1) is 11.8 Å². The summed E-state index contributed by atoms with van der Waals surface area (Å²) in [5.74, 6) is -3.72. The largest absolute Gasteiger partial charge is 0.368 e. The first-order valence-electron chi connectivity index (χ1n) is 9.29. The SMILES string of the molecule is CC(C)C[C@](C(N)=O)([C@H](C/C=C/c1ccccc1)C(=O)NO)N1CC(=O)NC1=O. The van der Waals surface area contributed by atoms with Gasteiger partial charge in [0, 0.05) is 0 Å². The van der Waals surface area contributed by atoms with Crippen molar-refractivity contribution in [1.29, 1.82) is 0 Å². The van der Waals surface area contributed by atoms with Gasteiger partial charge in [-0.3, -0.25) is 29.8 Å². The second-order valence-corrected chi connectivity index (χ2v) is 7.40. The van der Waals surface area contributed by atoms with Crippen LogP contribution in [0.25, 0.3) is 6.08 Å². The van der Waals surface area contributed by atoms with E-state index in [0.29, 0.717) is 0 Å². The van der Waals surface area contributed by atoms with E-state index in [-0.39, 0.29) is 18.8 Å². The maximum atomic E-state index is 12.7. The number of primary amides is 1. The van der Waals surface area contributed by atoms with E-state index < -0.39 is 41.8 Å². The molecule has 0 unspecified atom stereocenters. The lowest BCUT2D eigenvalue weighted by atomic mass is 9.73. The molecule has 1 aliphatic heterocycles. The molecule has 1 aromatic rings. The Morgan fingerprint density at radius 2 is 1.97 bits per heavy atom. The van der Waals surface area contributed by atoms with Gasteiger partial charge in [-0.25, -0.2) is 10.3 Å². The molecule has 2 atom stereocenters. The van der Waals surface area contributed by atoms with E-state index in [9.17, 15) is 24.4 Å². The van der Waals surface area contributed by atoms with Gasteiger partial charge >= 0.3 is 6.03 Å². The Kier molecular flexibility index (Phi) is 7.11. The Morgan fingerprint density at radius 3 is 2.45 bits per heavy atom. The standard InChI is InChI=1S/C20H26N4O5/c1-13(2)11-20(18(21)27,24-12-16(25)22-19(24)28)15(17(26)23-29)10-6-9-14-7-4-3-5-8-14/h3-9,13,15,29H,10-12H2,1-2H3,(H2,21,27)(H,23,26)(H,22,25,28)/b9-6+/t15-,20-/m1/s1. The van der Waals surface area contributed by atoms with Gasteiger partial charge in [-0.2, -0.15) is 0 Å². The first kappa shape index (κ1) is 22.1. The number of hydrogen-bond donors (Lipinski definition) is 4. The summed E-state index contributed by atoms with van der Waals surface area (Å²) >= 11 is 0. The van der Waals surface area contributed by atoms with E-state index in [1.165, 1.54) is 0 Å².